The molecule has 2 nitrogen and oxygen atoms in total. The number of ether oxygens (including phenoxy) is 1. The van der Waals surface area contributed by atoms with Crippen molar-refractivity contribution in [1.82, 2.24) is 0 Å². The van der Waals surface area contributed by atoms with Crippen LogP contribution in [0.2, 0.25) is 0 Å². The molecule has 2 heteroatoms. The van der Waals surface area contributed by atoms with Crippen LogP contribution in [0.15, 0.2) is 36.4 Å². The zero-order chi connectivity index (χ0) is 16.3. The molecule has 0 saturated carbocycles. The highest BCUT2D eigenvalue weighted by atomic mass is 16.5. The highest BCUT2D eigenvalue weighted by molar-refractivity contribution is 5.72. The van der Waals surface area contributed by atoms with E-state index in [-0.39, 0.29) is 0 Å². The second-order valence-electron chi connectivity index (χ2n) is 6.45. The molecule has 2 aromatic carbocycles. The monoisotopic (exact) mass is 297 g/mol. The highest BCUT2D eigenvalue weighted by Crippen LogP contribution is 2.37. The molecule has 0 unspecified atom stereocenters. The Labute approximate surface area is 134 Å². The van der Waals surface area contributed by atoms with E-state index in [0.717, 1.165) is 11.4 Å². The molecule has 0 fully saturated rings. The van der Waals surface area contributed by atoms with Crippen molar-refractivity contribution < 1.29 is 4.74 Å². The second-order valence-corrected chi connectivity index (χ2v) is 6.45. The first-order valence-corrected chi connectivity index (χ1v) is 7.98. The van der Waals surface area contributed by atoms with Gasteiger partial charge >= 0.3 is 0 Å². The number of aryl methyl sites for hydroxylation is 1. The molecule has 2 rings (SSSR count). The number of hydrogen-bond donors (Lipinski definition) is 1. The van der Waals surface area contributed by atoms with Crippen molar-refractivity contribution in [2.45, 2.75) is 46.5 Å². The Hall–Kier alpha value is -1.96. The Morgan fingerprint density at radius 2 is 1.45 bits per heavy atom. The van der Waals surface area contributed by atoms with Gasteiger partial charge in [-0.25, -0.2) is 0 Å². The molecule has 1 N–H and O–H groups in total. The Morgan fingerprint density at radius 3 is 1.95 bits per heavy atom. The van der Waals surface area contributed by atoms with E-state index < -0.39 is 0 Å². The van der Waals surface area contributed by atoms with E-state index in [0.29, 0.717) is 11.8 Å². The van der Waals surface area contributed by atoms with Gasteiger partial charge in [0.05, 0.1) is 12.8 Å². The Morgan fingerprint density at radius 1 is 0.909 bits per heavy atom. The van der Waals surface area contributed by atoms with Gasteiger partial charge in [0.1, 0.15) is 5.75 Å². The molecule has 0 amide bonds. The van der Waals surface area contributed by atoms with Gasteiger partial charge in [-0.3, -0.25) is 0 Å². The van der Waals surface area contributed by atoms with Gasteiger partial charge in [-0.15, -0.1) is 0 Å². The molecule has 22 heavy (non-hydrogen) atoms. The van der Waals surface area contributed by atoms with E-state index >= 15 is 0 Å². The second kappa shape index (κ2) is 6.87. The average molecular weight is 297 g/mol. The zero-order valence-corrected chi connectivity index (χ0v) is 14.5. The number of rotatable bonds is 5. The van der Waals surface area contributed by atoms with Crippen molar-refractivity contribution in [3.05, 3.63) is 53.1 Å². The van der Waals surface area contributed by atoms with Gasteiger partial charge in [-0.05, 0) is 42.0 Å². The van der Waals surface area contributed by atoms with Crippen molar-refractivity contribution in [1.29, 1.82) is 0 Å². The lowest BCUT2D eigenvalue weighted by Crippen LogP contribution is -2.05. The third-order valence-electron chi connectivity index (χ3n) is 3.95. The summed E-state index contributed by atoms with van der Waals surface area (Å²) in [5.41, 5.74) is 6.26. The summed E-state index contributed by atoms with van der Waals surface area (Å²) in [6.45, 7) is 11.1. The van der Waals surface area contributed by atoms with E-state index in [1.807, 2.05) is 18.2 Å². The fourth-order valence-corrected chi connectivity index (χ4v) is 2.78. The molecule has 0 heterocycles. The van der Waals surface area contributed by atoms with Gasteiger partial charge in [-0.1, -0.05) is 57.5 Å². The topological polar surface area (TPSA) is 21.3 Å². The quantitative estimate of drug-likeness (QED) is 0.731. The Kier molecular flexibility index (Phi) is 5.12. The molecule has 0 spiro atoms. The summed E-state index contributed by atoms with van der Waals surface area (Å²) >= 11 is 0. The maximum Gasteiger partial charge on any atom is 0.142 e. The third-order valence-corrected chi connectivity index (χ3v) is 3.95. The van der Waals surface area contributed by atoms with Crippen molar-refractivity contribution in [2.75, 3.05) is 12.4 Å². The van der Waals surface area contributed by atoms with Crippen LogP contribution < -0.4 is 10.1 Å². The maximum atomic E-state index is 5.48. The van der Waals surface area contributed by atoms with Crippen LogP contribution in [0.3, 0.4) is 0 Å². The summed E-state index contributed by atoms with van der Waals surface area (Å²) in [5, 5.41) is 3.63. The number of methoxy groups -OCH3 is 1. The molecule has 0 saturated heterocycles. The standard InChI is InChI=1S/C20H27NO/c1-13(2)16-11-15(5)12-17(14(3)4)20(16)21-18-9-7-8-10-19(18)22-6/h7-14,21H,1-6H3. The molecule has 0 aliphatic rings. The molecule has 118 valence electrons. The minimum atomic E-state index is 0.467. The summed E-state index contributed by atoms with van der Waals surface area (Å²) in [5.74, 6) is 1.80. The first-order chi connectivity index (χ1) is 10.4. The number of nitrogens with one attached hydrogen (secondary N) is 1. The lowest BCUT2D eigenvalue weighted by molar-refractivity contribution is 0.417. The average Bonchev–Trinajstić information content (AvgIpc) is 2.48. The largest absolute Gasteiger partial charge is 0.495 e. The number of hydrogen-bond acceptors (Lipinski definition) is 2. The maximum absolute atomic E-state index is 5.48. The van der Waals surface area contributed by atoms with E-state index in [2.05, 4.69) is 58.1 Å². The summed E-state index contributed by atoms with van der Waals surface area (Å²) < 4.78 is 5.48. The molecule has 0 bridgehead atoms. The SMILES string of the molecule is COc1ccccc1Nc1c(C(C)C)cc(C)cc1C(C)C. The number of anilines is 2. The van der Waals surface area contributed by atoms with Crippen LogP contribution in [0.25, 0.3) is 0 Å². The fourth-order valence-electron chi connectivity index (χ4n) is 2.78. The number of para-hydroxylation sites is 2. The molecule has 2 aromatic rings. The summed E-state index contributed by atoms with van der Waals surface area (Å²) in [6, 6.07) is 12.6. The highest BCUT2D eigenvalue weighted by Gasteiger charge is 2.16. The van der Waals surface area contributed by atoms with Crippen LogP contribution in [0, 0.1) is 6.92 Å². The van der Waals surface area contributed by atoms with Gasteiger partial charge in [0.2, 0.25) is 0 Å². The molecule has 0 radical (unpaired) electrons. The minimum absolute atomic E-state index is 0.467. The van der Waals surface area contributed by atoms with Crippen LogP contribution in [0.1, 0.15) is 56.2 Å². The van der Waals surface area contributed by atoms with Crippen LogP contribution in [0.5, 0.6) is 5.75 Å². The fraction of sp³-hybridized carbons (Fsp3) is 0.400. The smallest absolute Gasteiger partial charge is 0.142 e. The molecular weight excluding hydrogens is 270 g/mol. The normalized spacial score (nSPS) is 11.1. The van der Waals surface area contributed by atoms with Gasteiger partial charge in [0, 0.05) is 5.69 Å². The van der Waals surface area contributed by atoms with E-state index in [1.54, 1.807) is 7.11 Å². The van der Waals surface area contributed by atoms with Gasteiger partial charge in [0.25, 0.3) is 0 Å². The van der Waals surface area contributed by atoms with Gasteiger partial charge in [0.15, 0.2) is 0 Å². The Balaban J connectivity index is 2.57. The summed E-state index contributed by atoms with van der Waals surface area (Å²) in [6.07, 6.45) is 0. The molecular formula is C20H27NO. The predicted molar refractivity (Wildman–Crippen MR) is 95.6 cm³/mol. The third kappa shape index (κ3) is 3.44. The predicted octanol–water partition coefficient (Wildman–Crippen LogP) is 5.99. The lowest BCUT2D eigenvalue weighted by atomic mass is 9.90. The first kappa shape index (κ1) is 16.4. The first-order valence-electron chi connectivity index (χ1n) is 7.98. The Bertz CT molecular complexity index is 615. The minimum Gasteiger partial charge on any atom is -0.495 e. The van der Waals surface area contributed by atoms with Crippen molar-refractivity contribution in [3.63, 3.8) is 0 Å². The summed E-state index contributed by atoms with van der Waals surface area (Å²) in [4.78, 5) is 0. The van der Waals surface area contributed by atoms with Crippen molar-refractivity contribution in [2.24, 2.45) is 0 Å². The van der Waals surface area contributed by atoms with E-state index in [9.17, 15) is 0 Å². The van der Waals surface area contributed by atoms with E-state index in [4.69, 9.17) is 4.74 Å². The summed E-state index contributed by atoms with van der Waals surface area (Å²) in [7, 11) is 1.71. The van der Waals surface area contributed by atoms with Crippen molar-refractivity contribution >= 4 is 11.4 Å². The van der Waals surface area contributed by atoms with Gasteiger partial charge < -0.3 is 10.1 Å². The van der Waals surface area contributed by atoms with Crippen LogP contribution >= 0.6 is 0 Å². The van der Waals surface area contributed by atoms with Crippen LogP contribution in [0.4, 0.5) is 11.4 Å². The van der Waals surface area contributed by atoms with E-state index in [1.165, 1.54) is 22.4 Å². The zero-order valence-electron chi connectivity index (χ0n) is 14.5. The molecule has 0 aromatic heterocycles. The molecule has 0 atom stereocenters. The lowest BCUT2D eigenvalue weighted by Gasteiger charge is -2.23. The van der Waals surface area contributed by atoms with Crippen LogP contribution in [-0.4, -0.2) is 7.11 Å². The van der Waals surface area contributed by atoms with Gasteiger partial charge in [-0.2, -0.15) is 0 Å². The van der Waals surface area contributed by atoms with Crippen LogP contribution in [-0.2, 0) is 0 Å². The molecule has 0 aliphatic heterocycles. The number of benzene rings is 2. The molecule has 0 aliphatic carbocycles. The van der Waals surface area contributed by atoms with Crippen molar-refractivity contribution in [3.8, 4) is 5.75 Å².